The summed E-state index contributed by atoms with van der Waals surface area (Å²) in [5.74, 6) is -0.0246. The van der Waals surface area contributed by atoms with E-state index in [-0.39, 0.29) is 18.4 Å². The number of halogens is 1. The van der Waals surface area contributed by atoms with Crippen molar-refractivity contribution < 1.29 is 23.8 Å². The van der Waals surface area contributed by atoms with Gasteiger partial charge in [-0.1, -0.05) is 0 Å². The van der Waals surface area contributed by atoms with Crippen LogP contribution in [0.5, 0.6) is 5.75 Å². The zero-order chi connectivity index (χ0) is 15.5. The average molecular weight is 299 g/mol. The molecule has 0 saturated carbocycles. The van der Waals surface area contributed by atoms with Gasteiger partial charge in [0, 0.05) is 13.0 Å². The first-order valence-electron chi connectivity index (χ1n) is 7.04. The van der Waals surface area contributed by atoms with Crippen LogP contribution in [0.25, 0.3) is 0 Å². The largest absolute Gasteiger partial charge is 0.491 e. The Hall–Kier alpha value is -1.66. The molecule has 6 heteroatoms. The van der Waals surface area contributed by atoms with Gasteiger partial charge in [-0.05, 0) is 44.2 Å². The van der Waals surface area contributed by atoms with E-state index in [2.05, 4.69) is 5.32 Å². The van der Waals surface area contributed by atoms with E-state index in [1.807, 2.05) is 0 Å². The maximum absolute atomic E-state index is 12.7. The number of aliphatic hydroxyl groups is 1. The van der Waals surface area contributed by atoms with Crippen LogP contribution in [-0.2, 0) is 9.53 Å². The lowest BCUT2D eigenvalue weighted by Crippen LogP contribution is -2.32. The Balaban J connectivity index is 2.04. The van der Waals surface area contributed by atoms with Crippen molar-refractivity contribution in [2.45, 2.75) is 25.9 Å². The van der Waals surface area contributed by atoms with Crippen molar-refractivity contribution in [1.29, 1.82) is 0 Å². The summed E-state index contributed by atoms with van der Waals surface area (Å²) in [6, 6.07) is 5.62. The minimum Gasteiger partial charge on any atom is -0.491 e. The number of nitrogens with one attached hydrogen (secondary N) is 1. The summed E-state index contributed by atoms with van der Waals surface area (Å²) in [5.41, 5.74) is 0. The van der Waals surface area contributed by atoms with Crippen LogP contribution in [0.4, 0.5) is 4.39 Å². The fourth-order valence-corrected chi connectivity index (χ4v) is 1.64. The zero-order valence-corrected chi connectivity index (χ0v) is 12.2. The number of rotatable bonds is 10. The van der Waals surface area contributed by atoms with Gasteiger partial charge in [-0.15, -0.1) is 0 Å². The molecular formula is C15H22FNO4. The predicted molar refractivity (Wildman–Crippen MR) is 76.6 cm³/mol. The molecule has 0 radical (unpaired) electrons. The van der Waals surface area contributed by atoms with Crippen molar-refractivity contribution in [1.82, 2.24) is 5.32 Å². The van der Waals surface area contributed by atoms with Crippen molar-refractivity contribution in [2.75, 3.05) is 26.3 Å². The molecule has 0 aliphatic heterocycles. The normalized spacial score (nSPS) is 12.0. The smallest absolute Gasteiger partial charge is 0.305 e. The number of hydrogen-bond donors (Lipinski definition) is 2. The van der Waals surface area contributed by atoms with Crippen LogP contribution >= 0.6 is 0 Å². The minimum atomic E-state index is -0.669. The second kappa shape index (κ2) is 10.1. The lowest BCUT2D eigenvalue weighted by molar-refractivity contribution is -0.143. The van der Waals surface area contributed by atoms with Gasteiger partial charge >= 0.3 is 5.97 Å². The highest BCUT2D eigenvalue weighted by Gasteiger charge is 2.06. The maximum atomic E-state index is 12.7. The molecule has 1 aromatic rings. The standard InChI is InChI=1S/C15H22FNO4/c1-2-20-15(19)4-3-9-17-10-13(18)11-21-14-7-5-12(16)6-8-14/h5-8,13,17-18H,2-4,9-11H2,1H3. The number of ether oxygens (including phenoxy) is 2. The zero-order valence-electron chi connectivity index (χ0n) is 12.2. The van der Waals surface area contributed by atoms with Crippen LogP contribution in [0.2, 0.25) is 0 Å². The van der Waals surface area contributed by atoms with Gasteiger partial charge in [0.15, 0.2) is 0 Å². The van der Waals surface area contributed by atoms with Gasteiger partial charge < -0.3 is 19.9 Å². The molecule has 1 aromatic carbocycles. The van der Waals surface area contributed by atoms with Gasteiger partial charge in [-0.25, -0.2) is 4.39 Å². The predicted octanol–water partition coefficient (Wildman–Crippen LogP) is 1.50. The molecule has 1 unspecified atom stereocenters. The monoisotopic (exact) mass is 299 g/mol. The fourth-order valence-electron chi connectivity index (χ4n) is 1.64. The first-order chi connectivity index (χ1) is 10.1. The lowest BCUT2D eigenvalue weighted by atomic mass is 10.3. The van der Waals surface area contributed by atoms with Crippen LogP contribution < -0.4 is 10.1 Å². The number of aliphatic hydroxyl groups excluding tert-OH is 1. The van der Waals surface area contributed by atoms with Crippen LogP contribution in [0, 0.1) is 5.82 Å². The van der Waals surface area contributed by atoms with E-state index < -0.39 is 6.10 Å². The summed E-state index contributed by atoms with van der Waals surface area (Å²) < 4.78 is 22.8. The Morgan fingerprint density at radius 3 is 2.76 bits per heavy atom. The Morgan fingerprint density at radius 2 is 2.10 bits per heavy atom. The molecule has 0 saturated heterocycles. The number of carbonyl (C=O) groups excluding carboxylic acids is 1. The lowest BCUT2D eigenvalue weighted by Gasteiger charge is -2.13. The van der Waals surface area contributed by atoms with Crippen molar-refractivity contribution in [3.8, 4) is 5.75 Å². The van der Waals surface area contributed by atoms with Crippen LogP contribution in [0.3, 0.4) is 0 Å². The second-order valence-electron chi connectivity index (χ2n) is 4.53. The van der Waals surface area contributed by atoms with Crippen LogP contribution in [0.1, 0.15) is 19.8 Å². The third-order valence-corrected chi connectivity index (χ3v) is 2.68. The van der Waals surface area contributed by atoms with Gasteiger partial charge in [0.1, 0.15) is 24.3 Å². The molecule has 118 valence electrons. The maximum Gasteiger partial charge on any atom is 0.305 e. The molecule has 21 heavy (non-hydrogen) atoms. The molecule has 5 nitrogen and oxygen atoms in total. The molecule has 0 aromatic heterocycles. The molecule has 1 atom stereocenters. The Morgan fingerprint density at radius 1 is 1.38 bits per heavy atom. The molecule has 0 bridgehead atoms. The highest BCUT2D eigenvalue weighted by Crippen LogP contribution is 2.11. The highest BCUT2D eigenvalue weighted by molar-refractivity contribution is 5.69. The SMILES string of the molecule is CCOC(=O)CCCNCC(O)COc1ccc(F)cc1. The molecule has 0 aliphatic rings. The van der Waals surface area contributed by atoms with E-state index in [0.29, 0.717) is 38.3 Å². The third-order valence-electron chi connectivity index (χ3n) is 2.68. The topological polar surface area (TPSA) is 67.8 Å². The number of benzene rings is 1. The number of esters is 1. The van der Waals surface area contributed by atoms with Crippen LogP contribution in [-0.4, -0.2) is 43.5 Å². The van der Waals surface area contributed by atoms with Gasteiger partial charge in [-0.3, -0.25) is 4.79 Å². The Kier molecular flexibility index (Phi) is 8.38. The van der Waals surface area contributed by atoms with Crippen molar-refractivity contribution in [3.05, 3.63) is 30.1 Å². The summed E-state index contributed by atoms with van der Waals surface area (Å²) in [6.45, 7) is 3.27. The minimum absolute atomic E-state index is 0.122. The summed E-state index contributed by atoms with van der Waals surface area (Å²) in [7, 11) is 0. The molecular weight excluding hydrogens is 277 g/mol. The summed E-state index contributed by atoms with van der Waals surface area (Å²) in [4.78, 5) is 11.1. The van der Waals surface area contributed by atoms with E-state index in [4.69, 9.17) is 9.47 Å². The van der Waals surface area contributed by atoms with Crippen molar-refractivity contribution in [3.63, 3.8) is 0 Å². The number of carbonyl (C=O) groups is 1. The van der Waals surface area contributed by atoms with E-state index in [0.717, 1.165) is 0 Å². The molecule has 0 heterocycles. The third kappa shape index (κ3) is 8.27. The van der Waals surface area contributed by atoms with E-state index in [1.54, 1.807) is 6.92 Å². The van der Waals surface area contributed by atoms with Gasteiger partial charge in [0.2, 0.25) is 0 Å². The average Bonchev–Trinajstić information content (AvgIpc) is 2.46. The Labute approximate surface area is 124 Å². The van der Waals surface area contributed by atoms with Crippen molar-refractivity contribution >= 4 is 5.97 Å². The van der Waals surface area contributed by atoms with Gasteiger partial charge in [0.25, 0.3) is 0 Å². The quantitative estimate of drug-likeness (QED) is 0.506. The van der Waals surface area contributed by atoms with Gasteiger partial charge in [0.05, 0.1) is 6.61 Å². The number of hydrogen-bond acceptors (Lipinski definition) is 5. The molecule has 1 rings (SSSR count). The molecule has 0 fully saturated rings. The first kappa shape index (κ1) is 17.4. The van der Waals surface area contributed by atoms with Crippen LogP contribution in [0.15, 0.2) is 24.3 Å². The second-order valence-corrected chi connectivity index (χ2v) is 4.53. The van der Waals surface area contributed by atoms with Crippen molar-refractivity contribution in [2.24, 2.45) is 0 Å². The summed E-state index contributed by atoms with van der Waals surface area (Å²) in [5, 5.41) is 12.7. The molecule has 2 N–H and O–H groups in total. The Bertz CT molecular complexity index is 411. The van der Waals surface area contributed by atoms with Gasteiger partial charge in [-0.2, -0.15) is 0 Å². The molecule has 0 spiro atoms. The summed E-state index contributed by atoms with van der Waals surface area (Å²) in [6.07, 6.45) is 0.352. The van der Waals surface area contributed by atoms with E-state index in [1.165, 1.54) is 24.3 Å². The highest BCUT2D eigenvalue weighted by atomic mass is 19.1. The molecule has 0 aliphatic carbocycles. The van der Waals surface area contributed by atoms with E-state index >= 15 is 0 Å². The molecule has 0 amide bonds. The fraction of sp³-hybridized carbons (Fsp3) is 0.533. The summed E-state index contributed by atoms with van der Waals surface area (Å²) >= 11 is 0. The van der Waals surface area contributed by atoms with E-state index in [9.17, 15) is 14.3 Å². The first-order valence-corrected chi connectivity index (χ1v) is 7.04.